The van der Waals surface area contributed by atoms with Gasteiger partial charge in [0, 0.05) is 13.1 Å². The summed E-state index contributed by atoms with van der Waals surface area (Å²) in [5.74, 6) is 0. The number of aromatic amines is 2. The van der Waals surface area contributed by atoms with Gasteiger partial charge in [-0.3, -0.25) is 9.59 Å². The predicted molar refractivity (Wildman–Crippen MR) is 219 cm³/mol. The Morgan fingerprint density at radius 1 is 0.639 bits per heavy atom. The molecule has 0 saturated carbocycles. The van der Waals surface area contributed by atoms with Crippen LogP contribution < -0.4 is 37.9 Å². The maximum absolute atomic E-state index is 13.8. The summed E-state index contributed by atoms with van der Waals surface area (Å²) in [7, 11) is -4.35. The standard InChI is InChI=1S/C19H19F3N4O4S.C17H15F3N4O4S.ClH/c1-25(2)10-11-5-4-6-12(7-11)13-8-14-16(9-15(13)19(20,21)22)23-18(28)26(17(14)27)24-31(3,29)30;1-29(27,28)23-24-15(25)12-6-11(10-4-2-3-9(5-10)8-21)13(17(18,19)20)7-14(12)22-16(24)26;/h4-9,24H,10H2,1-3H3,(H,23,28);2-7,23H,8,21H2,1H3,(H,22,26);1H. The number of rotatable bonds is 9. The number of hydrogen-bond donors (Lipinski definition) is 5. The van der Waals surface area contributed by atoms with E-state index < -0.39 is 66.0 Å². The first-order chi connectivity index (χ1) is 27.7. The third-order valence-corrected chi connectivity index (χ3v) is 9.44. The minimum Gasteiger partial charge on any atom is -0.326 e. The van der Waals surface area contributed by atoms with Crippen LogP contribution in [0.3, 0.4) is 0 Å². The fourth-order valence-corrected chi connectivity index (χ4v) is 7.03. The van der Waals surface area contributed by atoms with Crippen LogP contribution in [0, 0.1) is 0 Å². The van der Waals surface area contributed by atoms with Gasteiger partial charge < -0.3 is 20.6 Å². The highest BCUT2D eigenvalue weighted by Gasteiger charge is 2.36. The van der Waals surface area contributed by atoms with Crippen molar-refractivity contribution in [1.82, 2.24) is 24.2 Å². The number of H-pyrrole nitrogens is 2. The zero-order valence-electron chi connectivity index (χ0n) is 32.0. The Hall–Kier alpha value is -5.95. The summed E-state index contributed by atoms with van der Waals surface area (Å²) < 4.78 is 128. The Balaban J connectivity index is 0.000000265. The van der Waals surface area contributed by atoms with Crippen LogP contribution in [-0.2, 0) is 45.5 Å². The molecule has 0 aliphatic carbocycles. The highest BCUT2D eigenvalue weighted by molar-refractivity contribution is 7.91. The van der Waals surface area contributed by atoms with Gasteiger partial charge in [-0.1, -0.05) is 36.4 Å². The van der Waals surface area contributed by atoms with E-state index in [1.54, 1.807) is 33.9 Å². The van der Waals surface area contributed by atoms with Crippen LogP contribution in [0.2, 0.25) is 0 Å². The number of sulfonamides is 2. The Bertz CT molecular complexity index is 3130. The highest BCUT2D eigenvalue weighted by Crippen LogP contribution is 2.40. The van der Waals surface area contributed by atoms with Crippen molar-refractivity contribution in [3.05, 3.63) is 137 Å². The molecule has 16 nitrogen and oxygen atoms in total. The Morgan fingerprint density at radius 2 is 1.02 bits per heavy atom. The van der Waals surface area contributed by atoms with Crippen molar-refractivity contribution < 1.29 is 43.2 Å². The molecule has 0 bridgehead atoms. The summed E-state index contributed by atoms with van der Waals surface area (Å²) in [4.78, 5) is 59.0. The molecule has 0 amide bonds. The van der Waals surface area contributed by atoms with Gasteiger partial charge >= 0.3 is 23.7 Å². The largest absolute Gasteiger partial charge is 0.417 e. The second-order valence-electron chi connectivity index (χ2n) is 13.6. The molecule has 0 aliphatic rings. The lowest BCUT2D eigenvalue weighted by Gasteiger charge is -2.16. The van der Waals surface area contributed by atoms with E-state index in [2.05, 4.69) is 9.97 Å². The molecule has 25 heteroatoms. The number of hydrogen-bond acceptors (Lipinski definition) is 10. The summed E-state index contributed by atoms with van der Waals surface area (Å²) in [6, 6.07) is 15.8. The van der Waals surface area contributed by atoms with Crippen LogP contribution in [0.5, 0.6) is 0 Å². The number of fused-ring (bicyclic) bond motifs is 2. The quantitative estimate of drug-likeness (QED) is 0.132. The lowest BCUT2D eigenvalue weighted by molar-refractivity contribution is -0.137. The first-order valence-electron chi connectivity index (χ1n) is 17.0. The van der Waals surface area contributed by atoms with Gasteiger partial charge in [0.2, 0.25) is 20.0 Å². The number of alkyl halides is 6. The van der Waals surface area contributed by atoms with E-state index in [1.165, 1.54) is 24.3 Å². The molecule has 61 heavy (non-hydrogen) atoms. The molecule has 0 spiro atoms. The summed E-state index contributed by atoms with van der Waals surface area (Å²) >= 11 is 0. The Labute approximate surface area is 347 Å². The minimum absolute atomic E-state index is 0. The summed E-state index contributed by atoms with van der Waals surface area (Å²) in [5, 5.41) is -0.585. The maximum Gasteiger partial charge on any atom is 0.417 e. The van der Waals surface area contributed by atoms with Crippen LogP contribution in [0.25, 0.3) is 44.1 Å². The fraction of sp³-hybridized carbons (Fsp3) is 0.222. The average Bonchev–Trinajstić information content (AvgIpc) is 3.13. The van der Waals surface area contributed by atoms with E-state index in [0.29, 0.717) is 24.2 Å². The highest BCUT2D eigenvalue weighted by atomic mass is 35.5. The molecule has 4 aromatic carbocycles. The summed E-state index contributed by atoms with van der Waals surface area (Å²) in [5.41, 5.74) is -0.786. The second-order valence-corrected chi connectivity index (χ2v) is 17.0. The van der Waals surface area contributed by atoms with E-state index in [4.69, 9.17) is 5.73 Å². The van der Waals surface area contributed by atoms with Crippen molar-refractivity contribution in [1.29, 1.82) is 0 Å². The molecule has 6 N–H and O–H groups in total. The summed E-state index contributed by atoms with van der Waals surface area (Å²) in [6.45, 7) is 0.586. The normalized spacial score (nSPS) is 12.2. The lowest BCUT2D eigenvalue weighted by atomic mass is 9.96. The van der Waals surface area contributed by atoms with Crippen LogP contribution >= 0.6 is 12.4 Å². The SMILES string of the molecule is CN(C)Cc1cccc(-c2cc3c(=O)n(NS(C)(=O)=O)c(=O)[nH]c3cc2C(F)(F)F)c1.CS(=O)(=O)Nn1c(=O)[nH]c2cc(C(F)(F)F)c(-c3cccc(CN)c3)cc2c1=O.Cl. The topological polar surface area (TPSA) is 231 Å². The van der Waals surface area contributed by atoms with Crippen LogP contribution in [-0.4, -0.2) is 67.7 Å². The van der Waals surface area contributed by atoms with Crippen molar-refractivity contribution in [2.75, 3.05) is 36.3 Å². The van der Waals surface area contributed by atoms with Gasteiger partial charge in [0.05, 0.1) is 45.4 Å². The molecule has 328 valence electrons. The van der Waals surface area contributed by atoms with Crippen LogP contribution in [0.15, 0.2) is 92.0 Å². The third kappa shape index (κ3) is 11.3. The molecule has 2 aromatic heterocycles. The second kappa shape index (κ2) is 17.6. The van der Waals surface area contributed by atoms with E-state index in [-0.39, 0.29) is 72.4 Å². The first-order valence-corrected chi connectivity index (χ1v) is 20.7. The molecule has 0 radical (unpaired) electrons. The summed E-state index contributed by atoms with van der Waals surface area (Å²) in [6.07, 6.45) is -8.09. The molecule has 6 aromatic rings. The molecule has 0 unspecified atom stereocenters. The monoisotopic (exact) mass is 920 g/mol. The van der Waals surface area contributed by atoms with Gasteiger partial charge in [0.1, 0.15) is 0 Å². The average molecular weight is 921 g/mol. The van der Waals surface area contributed by atoms with Crippen LogP contribution in [0.1, 0.15) is 22.3 Å². The van der Waals surface area contributed by atoms with Gasteiger partial charge in [-0.05, 0) is 83.9 Å². The molecule has 6 rings (SSSR count). The maximum atomic E-state index is 13.8. The predicted octanol–water partition coefficient (Wildman–Crippen LogP) is 3.70. The van der Waals surface area contributed by atoms with Crippen molar-refractivity contribution in [3.8, 4) is 22.3 Å². The van der Waals surface area contributed by atoms with E-state index in [0.717, 1.165) is 30.2 Å². The number of benzene rings is 4. The van der Waals surface area contributed by atoms with Crippen molar-refractivity contribution >= 4 is 54.3 Å². The number of halogens is 7. The Morgan fingerprint density at radius 3 is 1.36 bits per heavy atom. The number of nitrogens with zero attached hydrogens (tertiary/aromatic N) is 3. The van der Waals surface area contributed by atoms with Gasteiger partial charge in [-0.2, -0.15) is 35.7 Å². The van der Waals surface area contributed by atoms with E-state index >= 15 is 0 Å². The first kappa shape index (κ1) is 47.7. The third-order valence-electron chi connectivity index (χ3n) is 8.41. The number of nitrogens with two attached hydrogens (primary N) is 1. The van der Waals surface area contributed by atoms with Crippen molar-refractivity contribution in [2.45, 2.75) is 25.4 Å². The smallest absolute Gasteiger partial charge is 0.326 e. The number of aromatic nitrogens is 4. The molecule has 0 aliphatic heterocycles. The molecule has 0 fully saturated rings. The van der Waals surface area contributed by atoms with Gasteiger partial charge in [0.25, 0.3) is 11.1 Å². The molecule has 0 saturated heterocycles. The zero-order chi connectivity index (χ0) is 44.7. The van der Waals surface area contributed by atoms with Crippen LogP contribution in [0.4, 0.5) is 26.3 Å². The van der Waals surface area contributed by atoms with E-state index in [9.17, 15) is 62.4 Å². The van der Waals surface area contributed by atoms with Crippen molar-refractivity contribution in [2.24, 2.45) is 5.73 Å². The molecule has 0 atom stereocenters. The molecular formula is C36H35ClF6N8O8S2. The molecular weight excluding hydrogens is 886 g/mol. The molecule has 2 heterocycles. The van der Waals surface area contributed by atoms with Gasteiger partial charge in [-0.15, -0.1) is 12.4 Å². The lowest BCUT2D eigenvalue weighted by Crippen LogP contribution is -2.43. The minimum atomic E-state index is -4.78. The van der Waals surface area contributed by atoms with Gasteiger partial charge in [0.15, 0.2) is 0 Å². The van der Waals surface area contributed by atoms with Crippen molar-refractivity contribution in [3.63, 3.8) is 0 Å². The van der Waals surface area contributed by atoms with Gasteiger partial charge in [-0.25, -0.2) is 36.1 Å². The van der Waals surface area contributed by atoms with E-state index in [1.807, 2.05) is 19.0 Å². The number of nitrogens with one attached hydrogen (secondary N) is 4. The Kier molecular flexibility index (Phi) is 13.7. The zero-order valence-corrected chi connectivity index (χ0v) is 34.5. The fourth-order valence-electron chi connectivity index (χ4n) is 6.04.